The third kappa shape index (κ3) is 1.29. The molecule has 1 amide bonds. The van der Waals surface area contributed by atoms with Crippen LogP contribution in [-0.2, 0) is 11.2 Å². The fraction of sp³-hybridized carbons (Fsp3) is 0.300. The van der Waals surface area contributed by atoms with Gasteiger partial charge in [0.15, 0.2) is 0 Å². The first-order chi connectivity index (χ1) is 6.74. The number of aliphatic hydroxyl groups is 1. The number of carbonyl (C=O) groups excluding carboxylic acids is 1. The van der Waals surface area contributed by atoms with E-state index in [0.29, 0.717) is 6.42 Å². The molecule has 0 bridgehead atoms. The van der Waals surface area contributed by atoms with Gasteiger partial charge in [-0.05, 0) is 17.5 Å². The zero-order chi connectivity index (χ0) is 10.1. The first kappa shape index (κ1) is 9.18. The smallest absolute Gasteiger partial charge is 0.240 e. The van der Waals surface area contributed by atoms with Crippen LogP contribution in [0.4, 0.5) is 0 Å². The monoisotopic (exact) mass is 192 g/mol. The number of benzene rings is 1. The van der Waals surface area contributed by atoms with Crippen LogP contribution in [-0.4, -0.2) is 11.0 Å². The van der Waals surface area contributed by atoms with Crippen molar-refractivity contribution in [3.8, 4) is 0 Å². The van der Waals surface area contributed by atoms with Crippen molar-refractivity contribution in [1.29, 1.82) is 0 Å². The van der Waals surface area contributed by atoms with Crippen molar-refractivity contribution in [1.82, 2.24) is 5.43 Å². The van der Waals surface area contributed by atoms with Crippen molar-refractivity contribution in [3.63, 3.8) is 0 Å². The minimum Gasteiger partial charge on any atom is -0.388 e. The maximum absolute atomic E-state index is 11.3. The van der Waals surface area contributed by atoms with Gasteiger partial charge < -0.3 is 5.11 Å². The van der Waals surface area contributed by atoms with Gasteiger partial charge >= 0.3 is 0 Å². The quantitative estimate of drug-likeness (QED) is 0.330. The normalized spacial score (nSPS) is 24.4. The average Bonchev–Trinajstić information content (AvgIpc) is 2.56. The lowest BCUT2D eigenvalue weighted by atomic mass is 10.0. The lowest BCUT2D eigenvalue weighted by molar-refractivity contribution is -0.128. The van der Waals surface area contributed by atoms with Crippen molar-refractivity contribution in [3.05, 3.63) is 35.4 Å². The molecular formula is C10H12N2O2. The molecule has 74 valence electrons. The summed E-state index contributed by atoms with van der Waals surface area (Å²) in [5.41, 5.74) is 3.93. The van der Waals surface area contributed by atoms with Crippen LogP contribution >= 0.6 is 0 Å². The lowest BCUT2D eigenvalue weighted by Crippen LogP contribution is -2.37. The van der Waals surface area contributed by atoms with Gasteiger partial charge in [0.25, 0.3) is 0 Å². The molecule has 2 rings (SSSR count). The van der Waals surface area contributed by atoms with Gasteiger partial charge in [-0.3, -0.25) is 10.2 Å². The summed E-state index contributed by atoms with van der Waals surface area (Å²) in [4.78, 5) is 11.3. The molecule has 4 heteroatoms. The molecule has 1 aliphatic carbocycles. The zero-order valence-corrected chi connectivity index (χ0v) is 7.60. The van der Waals surface area contributed by atoms with Crippen LogP contribution in [0.25, 0.3) is 0 Å². The predicted octanol–water partition coefficient (Wildman–Crippen LogP) is -0.118. The Balaban J connectivity index is 2.30. The number of rotatable bonds is 1. The minimum atomic E-state index is -0.727. The van der Waals surface area contributed by atoms with Gasteiger partial charge in [0, 0.05) is 0 Å². The zero-order valence-electron chi connectivity index (χ0n) is 7.60. The predicted molar refractivity (Wildman–Crippen MR) is 50.9 cm³/mol. The first-order valence-electron chi connectivity index (χ1n) is 4.50. The van der Waals surface area contributed by atoms with Crippen molar-refractivity contribution >= 4 is 5.91 Å². The Labute approximate surface area is 81.7 Å². The molecular weight excluding hydrogens is 180 g/mol. The van der Waals surface area contributed by atoms with Crippen molar-refractivity contribution in [2.45, 2.75) is 12.5 Å². The summed E-state index contributed by atoms with van der Waals surface area (Å²) in [5, 5.41) is 9.83. The van der Waals surface area contributed by atoms with Gasteiger partial charge in [-0.15, -0.1) is 0 Å². The van der Waals surface area contributed by atoms with Crippen molar-refractivity contribution in [2.75, 3.05) is 0 Å². The molecule has 0 radical (unpaired) electrons. The SMILES string of the molecule is NNC(=O)[C@H]1Cc2ccccc2[C@H]1O. The summed E-state index contributed by atoms with van der Waals surface area (Å²) in [6.07, 6.45) is -0.171. The van der Waals surface area contributed by atoms with Gasteiger partial charge in [0.05, 0.1) is 12.0 Å². The van der Waals surface area contributed by atoms with Gasteiger partial charge in [0.2, 0.25) is 5.91 Å². The maximum Gasteiger partial charge on any atom is 0.240 e. The molecule has 0 spiro atoms. The molecule has 0 unspecified atom stereocenters. The van der Waals surface area contributed by atoms with E-state index >= 15 is 0 Å². The van der Waals surface area contributed by atoms with E-state index in [-0.39, 0.29) is 5.91 Å². The first-order valence-corrected chi connectivity index (χ1v) is 4.50. The highest BCUT2D eigenvalue weighted by atomic mass is 16.3. The largest absolute Gasteiger partial charge is 0.388 e. The highest BCUT2D eigenvalue weighted by Gasteiger charge is 2.35. The summed E-state index contributed by atoms with van der Waals surface area (Å²) < 4.78 is 0. The second-order valence-electron chi connectivity index (χ2n) is 3.46. The van der Waals surface area contributed by atoms with Crippen LogP contribution in [0.3, 0.4) is 0 Å². The Morgan fingerprint density at radius 3 is 2.86 bits per heavy atom. The molecule has 14 heavy (non-hydrogen) atoms. The van der Waals surface area contributed by atoms with Gasteiger partial charge in [-0.1, -0.05) is 24.3 Å². The molecule has 1 aliphatic rings. The Morgan fingerprint density at radius 1 is 1.50 bits per heavy atom. The summed E-state index contributed by atoms with van der Waals surface area (Å²) in [7, 11) is 0. The Morgan fingerprint density at radius 2 is 2.21 bits per heavy atom. The standard InChI is InChI=1S/C10H12N2O2/c11-12-10(14)8-5-6-3-1-2-4-7(6)9(8)13/h1-4,8-9,13H,5,11H2,(H,12,14)/t8-,9+/m0/s1. The van der Waals surface area contributed by atoms with Crippen LogP contribution in [0.2, 0.25) is 0 Å². The minimum absolute atomic E-state index is 0.311. The van der Waals surface area contributed by atoms with Gasteiger partial charge in [-0.2, -0.15) is 0 Å². The number of amides is 1. The number of fused-ring (bicyclic) bond motifs is 1. The van der Waals surface area contributed by atoms with Crippen LogP contribution in [0.15, 0.2) is 24.3 Å². The van der Waals surface area contributed by atoms with Crippen molar-refractivity contribution < 1.29 is 9.90 Å². The average molecular weight is 192 g/mol. The number of carbonyl (C=O) groups is 1. The van der Waals surface area contributed by atoms with E-state index in [1.54, 1.807) is 0 Å². The Kier molecular flexibility index (Phi) is 2.23. The topological polar surface area (TPSA) is 75.3 Å². The van der Waals surface area contributed by atoms with E-state index in [1.807, 2.05) is 24.3 Å². The Hall–Kier alpha value is -1.39. The molecule has 1 aromatic carbocycles. The van der Waals surface area contributed by atoms with Gasteiger partial charge in [0.1, 0.15) is 0 Å². The second kappa shape index (κ2) is 3.40. The molecule has 0 aromatic heterocycles. The van der Waals surface area contributed by atoms with E-state index in [4.69, 9.17) is 5.84 Å². The molecule has 0 saturated heterocycles. The molecule has 0 heterocycles. The highest BCUT2D eigenvalue weighted by Crippen LogP contribution is 2.35. The number of hydrogen-bond donors (Lipinski definition) is 3. The molecule has 4 nitrogen and oxygen atoms in total. The number of hydrazine groups is 1. The van der Waals surface area contributed by atoms with E-state index in [9.17, 15) is 9.90 Å². The molecule has 0 fully saturated rings. The lowest BCUT2D eigenvalue weighted by Gasteiger charge is -2.12. The van der Waals surface area contributed by atoms with Crippen LogP contribution in [0.5, 0.6) is 0 Å². The molecule has 2 atom stereocenters. The Bertz CT molecular complexity index is 365. The van der Waals surface area contributed by atoms with Crippen molar-refractivity contribution in [2.24, 2.45) is 11.8 Å². The summed E-state index contributed by atoms with van der Waals surface area (Å²) >= 11 is 0. The van der Waals surface area contributed by atoms with Crippen LogP contribution in [0.1, 0.15) is 17.2 Å². The van der Waals surface area contributed by atoms with E-state index in [1.165, 1.54) is 0 Å². The van der Waals surface area contributed by atoms with E-state index in [0.717, 1.165) is 11.1 Å². The fourth-order valence-electron chi connectivity index (χ4n) is 1.92. The summed E-state index contributed by atoms with van der Waals surface area (Å²) in [6.45, 7) is 0. The van der Waals surface area contributed by atoms with Crippen LogP contribution in [0, 0.1) is 5.92 Å². The van der Waals surface area contributed by atoms with Gasteiger partial charge in [-0.25, -0.2) is 5.84 Å². The number of nitrogens with one attached hydrogen (secondary N) is 1. The maximum atomic E-state index is 11.3. The molecule has 0 aliphatic heterocycles. The third-order valence-corrected chi connectivity index (χ3v) is 2.67. The second-order valence-corrected chi connectivity index (χ2v) is 3.46. The summed E-state index contributed by atoms with van der Waals surface area (Å²) in [6, 6.07) is 7.51. The number of nitrogens with two attached hydrogens (primary N) is 1. The highest BCUT2D eigenvalue weighted by molar-refractivity contribution is 5.80. The molecule has 0 saturated carbocycles. The van der Waals surface area contributed by atoms with E-state index < -0.39 is 12.0 Å². The number of hydrogen-bond acceptors (Lipinski definition) is 3. The summed E-state index contributed by atoms with van der Waals surface area (Å²) in [5.74, 6) is 4.28. The molecule has 4 N–H and O–H groups in total. The third-order valence-electron chi connectivity index (χ3n) is 2.67. The van der Waals surface area contributed by atoms with E-state index in [2.05, 4.69) is 5.43 Å². The molecule has 1 aromatic rings. The fourth-order valence-corrected chi connectivity index (χ4v) is 1.92. The van der Waals surface area contributed by atoms with Crippen LogP contribution < -0.4 is 11.3 Å². The number of aliphatic hydroxyl groups excluding tert-OH is 1.